The van der Waals surface area contributed by atoms with E-state index in [2.05, 4.69) is 25.8 Å². The molecule has 0 aromatic rings. The first-order valence-electron chi connectivity index (χ1n) is 5.14. The summed E-state index contributed by atoms with van der Waals surface area (Å²) in [5, 5.41) is 7.21. The van der Waals surface area contributed by atoms with Crippen LogP contribution in [-0.4, -0.2) is 30.9 Å². The Hall–Kier alpha value is -0.570. The van der Waals surface area contributed by atoms with Crippen molar-refractivity contribution in [2.24, 2.45) is 11.7 Å². The molecule has 1 aliphatic heterocycles. The van der Waals surface area contributed by atoms with E-state index in [0.717, 1.165) is 25.9 Å². The quantitative estimate of drug-likeness (QED) is 0.482. The van der Waals surface area contributed by atoms with E-state index in [4.69, 9.17) is 11.1 Å². The molecule has 0 amide bonds. The third-order valence-corrected chi connectivity index (χ3v) is 2.16. The van der Waals surface area contributed by atoms with Gasteiger partial charge in [-0.2, -0.15) is 0 Å². The fourth-order valence-corrected chi connectivity index (χ4v) is 1.32. The van der Waals surface area contributed by atoms with Crippen LogP contribution in [0.1, 0.15) is 33.1 Å². The molecule has 3 nitrogen and oxygen atoms in total. The van der Waals surface area contributed by atoms with Gasteiger partial charge in [0, 0.05) is 5.92 Å². The van der Waals surface area contributed by atoms with Gasteiger partial charge < -0.3 is 10.6 Å². The Morgan fingerprint density at radius 2 is 1.77 bits per heavy atom. The van der Waals surface area contributed by atoms with E-state index < -0.39 is 0 Å². The van der Waals surface area contributed by atoms with Crippen LogP contribution >= 0.6 is 0 Å². The number of nitrogens with one attached hydrogen (secondary N) is 1. The number of amidine groups is 1. The minimum atomic E-state index is 0.358. The maximum absolute atomic E-state index is 7.21. The van der Waals surface area contributed by atoms with Crippen molar-refractivity contribution in [1.29, 1.82) is 5.41 Å². The van der Waals surface area contributed by atoms with Crippen LogP contribution in [0.4, 0.5) is 0 Å². The van der Waals surface area contributed by atoms with Gasteiger partial charge in [0.05, 0.1) is 5.84 Å². The summed E-state index contributed by atoms with van der Waals surface area (Å²) < 4.78 is 0. The molecule has 0 atom stereocenters. The largest absolute Gasteiger partial charge is 0.387 e. The number of hydrogen-bond donors (Lipinski definition) is 2. The average molecular weight is 185 g/mol. The van der Waals surface area contributed by atoms with E-state index in [1.165, 1.54) is 6.42 Å². The lowest BCUT2D eigenvalue weighted by Gasteiger charge is -2.27. The number of likely N-dealkylation sites (tertiary alicyclic amines) is 1. The first-order chi connectivity index (χ1) is 6.11. The molecule has 0 aliphatic carbocycles. The van der Waals surface area contributed by atoms with Crippen LogP contribution in [0.3, 0.4) is 0 Å². The maximum Gasteiger partial charge on any atom is 0.0937 e. The lowest BCUT2D eigenvalue weighted by atomic mass is 9.96. The molecule has 0 unspecified atom stereocenters. The number of nitrogens with zero attached hydrogens (tertiary/aromatic N) is 1. The Morgan fingerprint density at radius 1 is 1.38 bits per heavy atom. The summed E-state index contributed by atoms with van der Waals surface area (Å²) in [5.41, 5.74) is 5.38. The zero-order valence-corrected chi connectivity index (χ0v) is 9.14. The van der Waals surface area contributed by atoms with Crippen molar-refractivity contribution in [3.05, 3.63) is 0 Å². The Labute approximate surface area is 81.8 Å². The molecule has 1 fully saturated rings. The number of piperidine rings is 1. The highest BCUT2D eigenvalue weighted by molar-refractivity contribution is 5.79. The highest BCUT2D eigenvalue weighted by Gasteiger charge is 2.18. The van der Waals surface area contributed by atoms with E-state index >= 15 is 0 Å². The van der Waals surface area contributed by atoms with Crippen LogP contribution in [0, 0.1) is 11.3 Å². The number of hydrogen-bond acceptors (Lipinski definition) is 2. The van der Waals surface area contributed by atoms with E-state index in [1.54, 1.807) is 0 Å². The van der Waals surface area contributed by atoms with Crippen molar-refractivity contribution in [3.8, 4) is 0 Å². The van der Waals surface area contributed by atoms with Crippen molar-refractivity contribution < 1.29 is 0 Å². The molecule has 1 rings (SSSR count). The van der Waals surface area contributed by atoms with Gasteiger partial charge in [-0.05, 0) is 33.0 Å². The van der Waals surface area contributed by atoms with E-state index in [9.17, 15) is 0 Å². The smallest absolute Gasteiger partial charge is 0.0937 e. The molecule has 0 spiro atoms. The first kappa shape index (κ1) is 12.4. The molecule has 13 heavy (non-hydrogen) atoms. The Morgan fingerprint density at radius 3 is 2.08 bits per heavy atom. The maximum atomic E-state index is 7.21. The van der Waals surface area contributed by atoms with Gasteiger partial charge in [-0.15, -0.1) is 0 Å². The summed E-state index contributed by atoms with van der Waals surface area (Å²) in [7, 11) is 2.11. The molecule has 1 heterocycles. The van der Waals surface area contributed by atoms with Gasteiger partial charge in [0.1, 0.15) is 0 Å². The van der Waals surface area contributed by atoms with Gasteiger partial charge in [0.2, 0.25) is 0 Å². The number of nitrogens with two attached hydrogens (primary N) is 1. The summed E-state index contributed by atoms with van der Waals surface area (Å²) in [6.45, 7) is 6.43. The minimum absolute atomic E-state index is 0.358. The van der Waals surface area contributed by atoms with Crippen LogP contribution in [-0.2, 0) is 0 Å². The molecule has 0 bridgehead atoms. The van der Waals surface area contributed by atoms with Gasteiger partial charge >= 0.3 is 0 Å². The summed E-state index contributed by atoms with van der Waals surface area (Å²) in [6.07, 6.45) is 3.37. The van der Waals surface area contributed by atoms with E-state index in [0.29, 0.717) is 11.8 Å². The predicted molar refractivity (Wildman–Crippen MR) is 58.1 cm³/mol. The third-order valence-electron chi connectivity index (χ3n) is 2.16. The molecule has 1 aliphatic rings. The lowest BCUT2D eigenvalue weighted by molar-refractivity contribution is 0.251. The monoisotopic (exact) mass is 185 g/mol. The van der Waals surface area contributed by atoms with Gasteiger partial charge in [-0.3, -0.25) is 5.41 Å². The predicted octanol–water partition coefficient (Wildman–Crippen LogP) is 1.68. The van der Waals surface area contributed by atoms with E-state index in [-0.39, 0.29) is 0 Å². The summed E-state index contributed by atoms with van der Waals surface area (Å²) >= 11 is 0. The SMILES string of the molecule is CCC.CN1CCC(C(=N)N)CC1. The fourth-order valence-electron chi connectivity index (χ4n) is 1.32. The lowest BCUT2D eigenvalue weighted by Crippen LogP contribution is -2.35. The molecule has 0 saturated carbocycles. The van der Waals surface area contributed by atoms with Crippen LogP contribution in [0.15, 0.2) is 0 Å². The van der Waals surface area contributed by atoms with E-state index in [1.807, 2.05) is 0 Å². The molecule has 0 aromatic heterocycles. The molecule has 3 N–H and O–H groups in total. The van der Waals surface area contributed by atoms with Crippen molar-refractivity contribution in [3.63, 3.8) is 0 Å². The Bertz CT molecular complexity index is 137. The molecule has 3 heteroatoms. The van der Waals surface area contributed by atoms with Crippen molar-refractivity contribution in [1.82, 2.24) is 4.90 Å². The van der Waals surface area contributed by atoms with Gasteiger partial charge in [0.15, 0.2) is 0 Å². The van der Waals surface area contributed by atoms with Crippen LogP contribution in [0.2, 0.25) is 0 Å². The zero-order valence-electron chi connectivity index (χ0n) is 9.14. The number of rotatable bonds is 1. The Kier molecular flexibility index (Phi) is 6.59. The molecule has 0 aromatic carbocycles. The zero-order chi connectivity index (χ0) is 10.3. The molecular weight excluding hydrogens is 162 g/mol. The van der Waals surface area contributed by atoms with Crippen molar-refractivity contribution >= 4 is 5.84 Å². The standard InChI is InChI=1S/C7H15N3.C3H8/c1-10-4-2-6(3-5-10)7(8)9;1-3-2/h6H,2-5H2,1H3,(H3,8,9);3H2,1-2H3. The van der Waals surface area contributed by atoms with Crippen LogP contribution < -0.4 is 5.73 Å². The highest BCUT2D eigenvalue weighted by Crippen LogP contribution is 2.14. The molecule has 0 radical (unpaired) electrons. The summed E-state index contributed by atoms with van der Waals surface area (Å²) in [6, 6.07) is 0. The van der Waals surface area contributed by atoms with Crippen LogP contribution in [0.25, 0.3) is 0 Å². The van der Waals surface area contributed by atoms with Gasteiger partial charge in [-0.1, -0.05) is 20.3 Å². The minimum Gasteiger partial charge on any atom is -0.387 e. The molecule has 1 saturated heterocycles. The third kappa shape index (κ3) is 5.64. The summed E-state index contributed by atoms with van der Waals surface area (Å²) in [5.74, 6) is 0.726. The van der Waals surface area contributed by atoms with Crippen LogP contribution in [0.5, 0.6) is 0 Å². The average Bonchev–Trinajstić information content (AvgIpc) is 2.06. The second kappa shape index (κ2) is 6.89. The second-order valence-electron chi connectivity index (χ2n) is 3.74. The molecular formula is C10H23N3. The van der Waals surface area contributed by atoms with Crippen molar-refractivity contribution in [2.45, 2.75) is 33.1 Å². The summed E-state index contributed by atoms with van der Waals surface area (Å²) in [4.78, 5) is 2.28. The fraction of sp³-hybridized carbons (Fsp3) is 0.900. The molecule has 78 valence electrons. The first-order valence-corrected chi connectivity index (χ1v) is 5.14. The Balaban J connectivity index is 0.000000424. The topological polar surface area (TPSA) is 53.1 Å². The second-order valence-corrected chi connectivity index (χ2v) is 3.74. The normalized spacial score (nSPS) is 19.0. The highest BCUT2D eigenvalue weighted by atomic mass is 15.1. The van der Waals surface area contributed by atoms with Gasteiger partial charge in [0.25, 0.3) is 0 Å². The van der Waals surface area contributed by atoms with Crippen molar-refractivity contribution in [2.75, 3.05) is 20.1 Å². The van der Waals surface area contributed by atoms with Gasteiger partial charge in [-0.25, -0.2) is 0 Å².